The highest BCUT2D eigenvalue weighted by molar-refractivity contribution is 9.10. The zero-order valence-corrected chi connectivity index (χ0v) is 8.85. The van der Waals surface area contributed by atoms with Crippen molar-refractivity contribution in [1.82, 2.24) is 4.98 Å². The van der Waals surface area contributed by atoms with Crippen LogP contribution in [0, 0.1) is 6.92 Å². The number of hydrogen-bond donors (Lipinski definition) is 2. The van der Waals surface area contributed by atoms with Crippen LogP contribution < -0.4 is 0 Å². The third-order valence-corrected chi connectivity index (χ3v) is 2.87. The van der Waals surface area contributed by atoms with Crippen LogP contribution in [0.5, 0.6) is 0 Å². The molecule has 2 aromatic rings. The first-order valence-corrected chi connectivity index (χ1v) is 4.89. The van der Waals surface area contributed by atoms with Crippen LogP contribution in [0.15, 0.2) is 22.7 Å². The maximum atomic E-state index is 8.97. The molecule has 0 aliphatic rings. The van der Waals surface area contributed by atoms with E-state index in [1.54, 1.807) is 0 Å². The number of benzene rings is 1. The van der Waals surface area contributed by atoms with Gasteiger partial charge in [0, 0.05) is 21.1 Å². The number of H-pyrrole nitrogens is 1. The Morgan fingerprint density at radius 1 is 1.46 bits per heavy atom. The van der Waals surface area contributed by atoms with Crippen molar-refractivity contribution in [2.75, 3.05) is 0 Å². The van der Waals surface area contributed by atoms with Crippen LogP contribution in [0.4, 0.5) is 0 Å². The van der Waals surface area contributed by atoms with Crippen LogP contribution >= 0.6 is 15.9 Å². The summed E-state index contributed by atoms with van der Waals surface area (Å²) in [6.07, 6.45) is 0. The molecule has 1 heterocycles. The van der Waals surface area contributed by atoms with E-state index >= 15 is 0 Å². The SMILES string of the molecule is Cc1ccc(Br)c2cc(CO)[nH]c12. The minimum atomic E-state index is 0.0561. The Bertz CT molecular complexity index is 408. The Kier molecular flexibility index (Phi) is 2.14. The average Bonchev–Trinajstić information content (AvgIpc) is 2.56. The molecular formula is C10H10BrNO. The molecule has 2 rings (SSSR count). The van der Waals surface area contributed by atoms with Crippen LogP contribution in [0.2, 0.25) is 0 Å². The molecule has 1 aromatic heterocycles. The topological polar surface area (TPSA) is 36.0 Å². The normalized spacial score (nSPS) is 11.0. The van der Waals surface area contributed by atoms with Gasteiger partial charge in [-0.2, -0.15) is 0 Å². The van der Waals surface area contributed by atoms with Gasteiger partial charge in [-0.05, 0) is 24.6 Å². The largest absolute Gasteiger partial charge is 0.390 e. The highest BCUT2D eigenvalue weighted by atomic mass is 79.9. The molecule has 3 heteroatoms. The summed E-state index contributed by atoms with van der Waals surface area (Å²) >= 11 is 3.47. The second-order valence-electron chi connectivity index (χ2n) is 3.11. The lowest BCUT2D eigenvalue weighted by molar-refractivity contribution is 0.278. The Morgan fingerprint density at radius 3 is 2.85 bits per heavy atom. The summed E-state index contributed by atoms with van der Waals surface area (Å²) in [7, 11) is 0. The highest BCUT2D eigenvalue weighted by Gasteiger charge is 2.05. The predicted octanol–water partition coefficient (Wildman–Crippen LogP) is 2.73. The Labute approximate surface area is 84.7 Å². The zero-order chi connectivity index (χ0) is 9.42. The van der Waals surface area contributed by atoms with Gasteiger partial charge in [0.15, 0.2) is 0 Å². The number of aryl methyl sites for hydroxylation is 1. The zero-order valence-electron chi connectivity index (χ0n) is 7.26. The third-order valence-electron chi connectivity index (χ3n) is 2.18. The molecule has 2 N–H and O–H groups in total. The van der Waals surface area contributed by atoms with E-state index in [0.717, 1.165) is 21.1 Å². The van der Waals surface area contributed by atoms with Gasteiger partial charge in [0.2, 0.25) is 0 Å². The monoisotopic (exact) mass is 239 g/mol. The maximum Gasteiger partial charge on any atom is 0.0831 e. The number of aromatic amines is 1. The van der Waals surface area contributed by atoms with Crippen LogP contribution in [0.1, 0.15) is 11.3 Å². The first kappa shape index (κ1) is 8.78. The summed E-state index contributed by atoms with van der Waals surface area (Å²) in [5, 5.41) is 10.1. The molecule has 0 amide bonds. The molecule has 68 valence electrons. The molecule has 0 saturated carbocycles. The number of nitrogens with one attached hydrogen (secondary N) is 1. The highest BCUT2D eigenvalue weighted by Crippen LogP contribution is 2.27. The van der Waals surface area contributed by atoms with Crippen molar-refractivity contribution in [3.8, 4) is 0 Å². The van der Waals surface area contributed by atoms with E-state index < -0.39 is 0 Å². The summed E-state index contributed by atoms with van der Waals surface area (Å²) in [6, 6.07) is 6.03. The van der Waals surface area contributed by atoms with Gasteiger partial charge < -0.3 is 10.1 Å². The van der Waals surface area contributed by atoms with E-state index in [-0.39, 0.29) is 6.61 Å². The lowest BCUT2D eigenvalue weighted by Gasteiger charge is -1.97. The first-order valence-electron chi connectivity index (χ1n) is 4.10. The molecule has 0 radical (unpaired) electrons. The smallest absolute Gasteiger partial charge is 0.0831 e. The number of halogens is 1. The molecule has 0 spiro atoms. The summed E-state index contributed by atoms with van der Waals surface area (Å²) in [5.74, 6) is 0. The van der Waals surface area contributed by atoms with E-state index in [1.807, 2.05) is 25.1 Å². The van der Waals surface area contributed by atoms with Gasteiger partial charge in [0.05, 0.1) is 6.61 Å². The second-order valence-corrected chi connectivity index (χ2v) is 3.96. The molecule has 1 aromatic carbocycles. The van der Waals surface area contributed by atoms with Crippen molar-refractivity contribution >= 4 is 26.8 Å². The van der Waals surface area contributed by atoms with Crippen LogP contribution in [0.3, 0.4) is 0 Å². The molecular weight excluding hydrogens is 230 g/mol. The number of hydrogen-bond acceptors (Lipinski definition) is 1. The van der Waals surface area contributed by atoms with Gasteiger partial charge in [-0.1, -0.05) is 22.0 Å². The molecule has 0 atom stereocenters. The van der Waals surface area contributed by atoms with Crippen molar-refractivity contribution < 1.29 is 5.11 Å². The molecule has 0 bridgehead atoms. The number of rotatable bonds is 1. The minimum Gasteiger partial charge on any atom is -0.390 e. The second kappa shape index (κ2) is 3.16. The van der Waals surface area contributed by atoms with Crippen LogP contribution in [-0.2, 0) is 6.61 Å². The van der Waals surface area contributed by atoms with Gasteiger partial charge in [0.1, 0.15) is 0 Å². The molecule has 0 fully saturated rings. The molecule has 0 aliphatic heterocycles. The summed E-state index contributed by atoms with van der Waals surface area (Å²) in [5.41, 5.74) is 3.14. The fourth-order valence-electron chi connectivity index (χ4n) is 1.47. The van der Waals surface area contributed by atoms with Crippen molar-refractivity contribution in [2.24, 2.45) is 0 Å². The minimum absolute atomic E-state index is 0.0561. The summed E-state index contributed by atoms with van der Waals surface area (Å²) in [4.78, 5) is 3.17. The quantitative estimate of drug-likeness (QED) is 0.789. The Balaban J connectivity index is 2.80. The number of aromatic nitrogens is 1. The molecule has 0 saturated heterocycles. The van der Waals surface area contributed by atoms with Crippen molar-refractivity contribution in [3.05, 3.63) is 33.9 Å². The Morgan fingerprint density at radius 2 is 2.23 bits per heavy atom. The first-order chi connectivity index (χ1) is 6.22. The van der Waals surface area contributed by atoms with Crippen LogP contribution in [0.25, 0.3) is 10.9 Å². The molecule has 0 aliphatic carbocycles. The van der Waals surface area contributed by atoms with E-state index in [1.165, 1.54) is 5.56 Å². The van der Waals surface area contributed by atoms with E-state index in [2.05, 4.69) is 20.9 Å². The van der Waals surface area contributed by atoms with Gasteiger partial charge in [-0.25, -0.2) is 0 Å². The Hall–Kier alpha value is -0.800. The maximum absolute atomic E-state index is 8.97. The summed E-state index contributed by atoms with van der Waals surface area (Å²) < 4.78 is 1.06. The van der Waals surface area contributed by atoms with E-state index in [0.29, 0.717) is 0 Å². The molecule has 2 nitrogen and oxygen atoms in total. The number of aliphatic hydroxyl groups is 1. The fraction of sp³-hybridized carbons (Fsp3) is 0.200. The molecule has 13 heavy (non-hydrogen) atoms. The standard InChI is InChI=1S/C10H10BrNO/c1-6-2-3-9(11)8-4-7(5-13)12-10(6)8/h2-4,12-13H,5H2,1H3. The fourth-order valence-corrected chi connectivity index (χ4v) is 1.91. The molecule has 0 unspecified atom stereocenters. The van der Waals surface area contributed by atoms with Gasteiger partial charge in [-0.3, -0.25) is 0 Å². The van der Waals surface area contributed by atoms with Gasteiger partial charge in [-0.15, -0.1) is 0 Å². The summed E-state index contributed by atoms with van der Waals surface area (Å²) in [6.45, 7) is 2.10. The lowest BCUT2D eigenvalue weighted by Crippen LogP contribution is -1.80. The van der Waals surface area contributed by atoms with E-state index in [9.17, 15) is 0 Å². The van der Waals surface area contributed by atoms with Crippen molar-refractivity contribution in [2.45, 2.75) is 13.5 Å². The van der Waals surface area contributed by atoms with Gasteiger partial charge in [0.25, 0.3) is 0 Å². The van der Waals surface area contributed by atoms with Crippen molar-refractivity contribution in [3.63, 3.8) is 0 Å². The van der Waals surface area contributed by atoms with Crippen LogP contribution in [-0.4, -0.2) is 10.1 Å². The van der Waals surface area contributed by atoms with E-state index in [4.69, 9.17) is 5.11 Å². The van der Waals surface area contributed by atoms with Gasteiger partial charge >= 0.3 is 0 Å². The third kappa shape index (κ3) is 1.38. The lowest BCUT2D eigenvalue weighted by atomic mass is 10.2. The number of fused-ring (bicyclic) bond motifs is 1. The average molecular weight is 240 g/mol. The number of aliphatic hydroxyl groups excluding tert-OH is 1. The van der Waals surface area contributed by atoms with Crippen molar-refractivity contribution in [1.29, 1.82) is 0 Å². The predicted molar refractivity (Wildman–Crippen MR) is 56.7 cm³/mol.